The number of fused-ring (bicyclic) bond motifs is 1. The van der Waals surface area contributed by atoms with Gasteiger partial charge in [-0.15, -0.1) is 0 Å². The van der Waals surface area contributed by atoms with Crippen molar-refractivity contribution in [2.45, 2.75) is 13.8 Å². The number of hydrogen-bond donors (Lipinski definition) is 2. The van der Waals surface area contributed by atoms with Gasteiger partial charge in [0.2, 0.25) is 0 Å². The van der Waals surface area contributed by atoms with Gasteiger partial charge in [0.25, 0.3) is 11.5 Å². The van der Waals surface area contributed by atoms with Gasteiger partial charge in [0.05, 0.1) is 0 Å². The van der Waals surface area contributed by atoms with E-state index in [1.807, 2.05) is 30.3 Å². The number of nitrogens with zero attached hydrogens (tertiary/aromatic N) is 2. The number of carbonyl (C=O) groups is 1. The predicted octanol–water partition coefficient (Wildman–Crippen LogP) is 4.58. The van der Waals surface area contributed by atoms with Crippen LogP contribution >= 0.6 is 15.9 Å². The Morgan fingerprint density at radius 3 is 2.48 bits per heavy atom. The molecule has 1 aromatic heterocycles. The number of amides is 1. The Morgan fingerprint density at radius 1 is 1.15 bits per heavy atom. The lowest BCUT2D eigenvalue weighted by Crippen LogP contribution is -2.22. The van der Waals surface area contributed by atoms with Crippen LogP contribution in [0.2, 0.25) is 0 Å². The third-order valence-electron chi connectivity index (χ3n) is 4.30. The van der Waals surface area contributed by atoms with Crippen LogP contribution in [-0.4, -0.2) is 24.2 Å². The van der Waals surface area contributed by atoms with Crippen LogP contribution in [0, 0.1) is 0 Å². The van der Waals surface area contributed by atoms with E-state index in [9.17, 15) is 10.0 Å². The van der Waals surface area contributed by atoms with Crippen molar-refractivity contribution in [3.63, 3.8) is 0 Å². The normalized spacial score (nSPS) is 11.6. The Morgan fingerprint density at radius 2 is 1.85 bits per heavy atom. The van der Waals surface area contributed by atoms with Gasteiger partial charge in [-0.2, -0.15) is 0 Å². The zero-order chi connectivity index (χ0) is 19.4. The van der Waals surface area contributed by atoms with Gasteiger partial charge in [-0.1, -0.05) is 15.9 Å². The van der Waals surface area contributed by atoms with E-state index >= 15 is 0 Å². The lowest BCUT2D eigenvalue weighted by molar-refractivity contribution is 0.102. The van der Waals surface area contributed by atoms with E-state index in [2.05, 4.69) is 45.1 Å². The third kappa shape index (κ3) is 4.14. The van der Waals surface area contributed by atoms with Crippen LogP contribution in [0.1, 0.15) is 24.2 Å². The van der Waals surface area contributed by atoms with Gasteiger partial charge in [0, 0.05) is 40.4 Å². The average Bonchev–Trinajstić information content (AvgIpc) is 2.69. The molecule has 2 N–H and O–H groups in total. The summed E-state index contributed by atoms with van der Waals surface area (Å²) in [5.74, 6) is -0.413. The van der Waals surface area contributed by atoms with Crippen LogP contribution in [-0.2, 0) is 0 Å². The minimum absolute atomic E-state index is 0.131. The highest BCUT2D eigenvalue weighted by atomic mass is 79.9. The zero-order valence-corrected chi connectivity index (χ0v) is 16.7. The topological polar surface area (TPSA) is 78.1 Å². The first-order valence-electron chi connectivity index (χ1n) is 8.63. The summed E-state index contributed by atoms with van der Waals surface area (Å²) in [5, 5.41) is 16.0. The van der Waals surface area contributed by atoms with Crippen LogP contribution in [0.25, 0.3) is 11.0 Å². The predicted molar refractivity (Wildman–Crippen MR) is 109 cm³/mol. The molecule has 140 valence electrons. The van der Waals surface area contributed by atoms with Crippen LogP contribution in [0.4, 0.5) is 11.4 Å². The second-order valence-corrected chi connectivity index (χ2v) is 6.84. The molecule has 0 aliphatic rings. The van der Waals surface area contributed by atoms with Crippen LogP contribution in [0.15, 0.2) is 62.6 Å². The maximum atomic E-state index is 12.6. The molecule has 0 bridgehead atoms. The smallest absolute Gasteiger partial charge is 0.268 e. The van der Waals surface area contributed by atoms with E-state index in [0.29, 0.717) is 11.3 Å². The quantitative estimate of drug-likeness (QED) is 0.459. The minimum Gasteiger partial charge on any atom is -0.435 e. The molecular formula is C20H20BrN3O3. The summed E-state index contributed by atoms with van der Waals surface area (Å²) in [4.78, 5) is 14.8. The largest absolute Gasteiger partial charge is 0.435 e. The molecule has 0 spiro atoms. The molecule has 0 radical (unpaired) electrons. The number of halogens is 1. The molecule has 0 fully saturated rings. The van der Waals surface area contributed by atoms with Crippen molar-refractivity contribution >= 4 is 44.2 Å². The maximum absolute atomic E-state index is 12.6. The average molecular weight is 430 g/mol. The van der Waals surface area contributed by atoms with Crippen LogP contribution < -0.4 is 15.8 Å². The van der Waals surface area contributed by atoms with Crippen LogP contribution in [0.3, 0.4) is 0 Å². The van der Waals surface area contributed by atoms with Gasteiger partial charge >= 0.3 is 0 Å². The molecule has 2 aromatic carbocycles. The second kappa shape index (κ2) is 8.26. The van der Waals surface area contributed by atoms with Gasteiger partial charge in [-0.25, -0.2) is 0 Å². The number of nitrogens with one attached hydrogen (secondary N) is 1. The molecule has 3 rings (SSSR count). The van der Waals surface area contributed by atoms with Gasteiger partial charge < -0.3 is 19.8 Å². The lowest BCUT2D eigenvalue weighted by atomic mass is 10.1. The van der Waals surface area contributed by atoms with Crippen molar-refractivity contribution in [1.29, 1.82) is 0 Å². The van der Waals surface area contributed by atoms with Gasteiger partial charge in [-0.05, 0) is 61.5 Å². The zero-order valence-electron chi connectivity index (χ0n) is 15.1. The fraction of sp³-hybridized carbons (Fsp3) is 0.200. The Bertz CT molecular complexity index is 1020. The van der Waals surface area contributed by atoms with E-state index in [4.69, 9.17) is 4.42 Å². The minimum atomic E-state index is -0.413. The SMILES string of the molecule is CCN(CC)c1ccc2cc(C(=O)Nc3ccc(Br)cc3)/c(=N\O)oc2c1. The molecule has 0 unspecified atom stereocenters. The Hall–Kier alpha value is -2.80. The standard InChI is InChI=1S/C20H20BrN3O3/c1-3-24(4-2)16-10-5-13-11-17(20(23-26)27-18(13)12-16)19(25)22-15-8-6-14(21)7-9-15/h5-12,26H,3-4H2,1-2H3,(H,22,25)/b23-20+. The Labute approximate surface area is 165 Å². The molecule has 0 saturated carbocycles. The molecule has 27 heavy (non-hydrogen) atoms. The van der Waals surface area contributed by atoms with Crippen molar-refractivity contribution in [2.75, 3.05) is 23.3 Å². The van der Waals surface area contributed by atoms with Gasteiger partial charge in [0.15, 0.2) is 0 Å². The fourth-order valence-electron chi connectivity index (χ4n) is 2.86. The number of hydrogen-bond acceptors (Lipinski definition) is 5. The Balaban J connectivity index is 1.99. The van der Waals surface area contributed by atoms with E-state index in [1.165, 1.54) is 0 Å². The van der Waals surface area contributed by atoms with Gasteiger partial charge in [0.1, 0.15) is 11.1 Å². The first kappa shape index (κ1) is 19.0. The van der Waals surface area contributed by atoms with E-state index in [1.54, 1.807) is 18.2 Å². The monoisotopic (exact) mass is 429 g/mol. The fourth-order valence-corrected chi connectivity index (χ4v) is 3.13. The highest BCUT2D eigenvalue weighted by molar-refractivity contribution is 9.10. The van der Waals surface area contributed by atoms with Crippen molar-refractivity contribution in [2.24, 2.45) is 5.16 Å². The van der Waals surface area contributed by atoms with Crippen LogP contribution in [0.5, 0.6) is 0 Å². The maximum Gasteiger partial charge on any atom is 0.268 e. The molecule has 0 aliphatic carbocycles. The highest BCUT2D eigenvalue weighted by Gasteiger charge is 2.14. The molecule has 3 aromatic rings. The highest BCUT2D eigenvalue weighted by Crippen LogP contribution is 2.22. The first-order chi connectivity index (χ1) is 13.0. The molecule has 0 saturated heterocycles. The number of rotatable bonds is 5. The molecule has 0 aliphatic heterocycles. The molecule has 0 atom stereocenters. The van der Waals surface area contributed by atoms with Gasteiger partial charge in [-0.3, -0.25) is 4.79 Å². The molecule has 1 heterocycles. The molecule has 7 heteroatoms. The van der Waals surface area contributed by atoms with E-state index in [0.717, 1.165) is 28.6 Å². The summed E-state index contributed by atoms with van der Waals surface area (Å²) < 4.78 is 6.60. The molecular weight excluding hydrogens is 410 g/mol. The van der Waals surface area contributed by atoms with E-state index in [-0.39, 0.29) is 11.1 Å². The summed E-state index contributed by atoms with van der Waals surface area (Å²) in [5.41, 5.74) is 2.21. The molecule has 6 nitrogen and oxygen atoms in total. The molecule has 1 amide bonds. The summed E-state index contributed by atoms with van der Waals surface area (Å²) >= 11 is 3.35. The number of anilines is 2. The van der Waals surface area contributed by atoms with Crippen molar-refractivity contribution in [1.82, 2.24) is 0 Å². The van der Waals surface area contributed by atoms with Crippen molar-refractivity contribution in [3.05, 3.63) is 64.1 Å². The number of benzene rings is 2. The summed E-state index contributed by atoms with van der Waals surface area (Å²) in [7, 11) is 0. The number of carbonyl (C=O) groups excluding carboxylic acids is 1. The first-order valence-corrected chi connectivity index (χ1v) is 9.42. The van der Waals surface area contributed by atoms with Crippen molar-refractivity contribution < 1.29 is 14.4 Å². The van der Waals surface area contributed by atoms with Crippen molar-refractivity contribution in [3.8, 4) is 0 Å². The summed E-state index contributed by atoms with van der Waals surface area (Å²) in [6.07, 6.45) is 0. The van der Waals surface area contributed by atoms with E-state index < -0.39 is 5.91 Å². The lowest BCUT2D eigenvalue weighted by Gasteiger charge is -2.21. The second-order valence-electron chi connectivity index (χ2n) is 5.92. The Kier molecular flexibility index (Phi) is 5.81. The summed E-state index contributed by atoms with van der Waals surface area (Å²) in [6.45, 7) is 5.89. The summed E-state index contributed by atoms with van der Waals surface area (Å²) in [6, 6.07) is 14.6. The third-order valence-corrected chi connectivity index (χ3v) is 4.83.